The molecule has 0 radical (unpaired) electrons. The summed E-state index contributed by atoms with van der Waals surface area (Å²) >= 11 is 0. The highest BCUT2D eigenvalue weighted by atomic mass is 16.5. The summed E-state index contributed by atoms with van der Waals surface area (Å²) in [6.07, 6.45) is 1.18. The van der Waals surface area contributed by atoms with E-state index in [-0.39, 0.29) is 0 Å². The number of nitrogens with zero attached hydrogens (tertiary/aromatic N) is 2. The molecular formula is C16H25N3O2. The lowest BCUT2D eigenvalue weighted by Crippen LogP contribution is -2.48. The van der Waals surface area contributed by atoms with Gasteiger partial charge in [0.1, 0.15) is 11.8 Å². The molecule has 1 aromatic rings. The van der Waals surface area contributed by atoms with Gasteiger partial charge in [0.2, 0.25) is 5.76 Å². The third kappa shape index (κ3) is 5.16. The Morgan fingerprint density at radius 2 is 2.10 bits per heavy atom. The monoisotopic (exact) mass is 291 g/mol. The molecule has 0 bridgehead atoms. The topological polar surface area (TPSA) is 61.4 Å². The van der Waals surface area contributed by atoms with Gasteiger partial charge in [0, 0.05) is 25.7 Å². The Hall–Kier alpha value is -1.35. The summed E-state index contributed by atoms with van der Waals surface area (Å²) in [4.78, 5) is 2.51. The third-order valence-corrected chi connectivity index (χ3v) is 3.76. The first kappa shape index (κ1) is 16.0. The number of rotatable bonds is 7. The van der Waals surface area contributed by atoms with Crippen molar-refractivity contribution in [3.8, 4) is 6.07 Å². The van der Waals surface area contributed by atoms with E-state index in [1.165, 1.54) is 6.42 Å². The highest BCUT2D eigenvalue weighted by molar-refractivity contribution is 5.18. The summed E-state index contributed by atoms with van der Waals surface area (Å²) in [5.74, 6) is 1.86. The molecular weight excluding hydrogens is 266 g/mol. The fourth-order valence-corrected chi connectivity index (χ4v) is 2.74. The van der Waals surface area contributed by atoms with Crippen LogP contribution < -0.4 is 5.32 Å². The second-order valence-corrected chi connectivity index (χ2v) is 5.94. The molecule has 2 rings (SSSR count). The number of nitriles is 1. The maximum atomic E-state index is 8.75. The molecule has 1 N–H and O–H groups in total. The van der Waals surface area contributed by atoms with E-state index < -0.39 is 0 Å². The maximum Gasteiger partial charge on any atom is 0.203 e. The zero-order valence-electron chi connectivity index (χ0n) is 13.0. The molecule has 0 aliphatic carbocycles. The fourth-order valence-electron chi connectivity index (χ4n) is 2.74. The minimum absolute atomic E-state index is 0.374. The summed E-state index contributed by atoms with van der Waals surface area (Å²) in [5.41, 5.74) is 0. The molecule has 1 aliphatic heterocycles. The van der Waals surface area contributed by atoms with Crippen LogP contribution in [0.2, 0.25) is 0 Å². The first-order chi connectivity index (χ1) is 10.2. The predicted molar refractivity (Wildman–Crippen MR) is 80.8 cm³/mol. The number of hydrogen-bond donors (Lipinski definition) is 1. The SMILES string of the molecule is CC(C)CC(CNCc1ccc(C#N)o1)N1CCOCC1. The second kappa shape index (κ2) is 8.18. The molecule has 5 heteroatoms. The Morgan fingerprint density at radius 3 is 2.71 bits per heavy atom. The van der Waals surface area contributed by atoms with Crippen molar-refractivity contribution in [1.29, 1.82) is 5.26 Å². The van der Waals surface area contributed by atoms with Gasteiger partial charge >= 0.3 is 0 Å². The number of furan rings is 1. The molecule has 0 saturated carbocycles. The van der Waals surface area contributed by atoms with Gasteiger partial charge in [-0.05, 0) is 24.5 Å². The summed E-state index contributed by atoms with van der Waals surface area (Å²) in [7, 11) is 0. The molecule has 21 heavy (non-hydrogen) atoms. The van der Waals surface area contributed by atoms with Gasteiger partial charge in [0.05, 0.1) is 19.8 Å². The molecule has 0 spiro atoms. The van der Waals surface area contributed by atoms with E-state index in [9.17, 15) is 0 Å². The number of nitrogens with one attached hydrogen (secondary N) is 1. The van der Waals surface area contributed by atoms with Crippen LogP contribution in [0.3, 0.4) is 0 Å². The van der Waals surface area contributed by atoms with Crippen molar-refractivity contribution in [2.45, 2.75) is 32.9 Å². The van der Waals surface area contributed by atoms with Crippen molar-refractivity contribution in [3.63, 3.8) is 0 Å². The lowest BCUT2D eigenvalue weighted by Gasteiger charge is -2.35. The number of hydrogen-bond acceptors (Lipinski definition) is 5. The van der Waals surface area contributed by atoms with Crippen LogP contribution in [-0.2, 0) is 11.3 Å². The van der Waals surface area contributed by atoms with E-state index >= 15 is 0 Å². The summed E-state index contributed by atoms with van der Waals surface area (Å²) in [6, 6.07) is 6.11. The van der Waals surface area contributed by atoms with Crippen molar-refractivity contribution in [1.82, 2.24) is 10.2 Å². The van der Waals surface area contributed by atoms with E-state index in [1.54, 1.807) is 6.07 Å². The van der Waals surface area contributed by atoms with Crippen LogP contribution in [-0.4, -0.2) is 43.8 Å². The fraction of sp³-hybridized carbons (Fsp3) is 0.688. The Bertz CT molecular complexity index is 458. The molecule has 5 nitrogen and oxygen atoms in total. The summed E-state index contributed by atoms with van der Waals surface area (Å²) in [6.45, 7) is 9.81. The molecule has 1 saturated heterocycles. The second-order valence-electron chi connectivity index (χ2n) is 5.94. The standard InChI is InChI=1S/C16H25N3O2/c1-13(2)9-14(19-5-7-20-8-6-19)11-18-12-16-4-3-15(10-17)21-16/h3-4,13-14,18H,5-9,11-12H2,1-2H3. The van der Waals surface area contributed by atoms with E-state index in [0.29, 0.717) is 24.3 Å². The molecule has 1 atom stereocenters. The number of morpholine rings is 1. The maximum absolute atomic E-state index is 8.75. The van der Waals surface area contributed by atoms with Crippen LogP contribution in [0.4, 0.5) is 0 Å². The van der Waals surface area contributed by atoms with E-state index in [1.807, 2.05) is 12.1 Å². The van der Waals surface area contributed by atoms with Crippen LogP contribution in [0.1, 0.15) is 31.8 Å². The lowest BCUT2D eigenvalue weighted by atomic mass is 10.0. The highest BCUT2D eigenvalue weighted by Crippen LogP contribution is 2.13. The minimum Gasteiger partial charge on any atom is -0.449 e. The summed E-state index contributed by atoms with van der Waals surface area (Å²) in [5, 5.41) is 12.2. The van der Waals surface area contributed by atoms with Crippen LogP contribution >= 0.6 is 0 Å². The normalized spacial score (nSPS) is 17.8. The molecule has 2 heterocycles. The van der Waals surface area contributed by atoms with E-state index in [2.05, 4.69) is 24.1 Å². The lowest BCUT2D eigenvalue weighted by molar-refractivity contribution is 0.0122. The van der Waals surface area contributed by atoms with Crippen LogP contribution in [0.15, 0.2) is 16.5 Å². The predicted octanol–water partition coefficient (Wildman–Crippen LogP) is 1.99. The zero-order chi connectivity index (χ0) is 15.1. The van der Waals surface area contributed by atoms with Crippen molar-refractivity contribution in [2.24, 2.45) is 5.92 Å². The molecule has 116 valence electrons. The van der Waals surface area contributed by atoms with Gasteiger partial charge in [-0.3, -0.25) is 4.90 Å². The average molecular weight is 291 g/mol. The van der Waals surface area contributed by atoms with Gasteiger partial charge in [-0.1, -0.05) is 13.8 Å². The van der Waals surface area contributed by atoms with Gasteiger partial charge in [-0.25, -0.2) is 0 Å². The zero-order valence-corrected chi connectivity index (χ0v) is 13.0. The average Bonchev–Trinajstić information content (AvgIpc) is 2.95. The molecule has 1 unspecified atom stereocenters. The van der Waals surface area contributed by atoms with Crippen molar-refractivity contribution in [2.75, 3.05) is 32.8 Å². The quantitative estimate of drug-likeness (QED) is 0.832. The van der Waals surface area contributed by atoms with Gasteiger partial charge < -0.3 is 14.5 Å². The van der Waals surface area contributed by atoms with Crippen LogP contribution in [0, 0.1) is 17.2 Å². The van der Waals surface area contributed by atoms with Crippen molar-refractivity contribution in [3.05, 3.63) is 23.7 Å². The van der Waals surface area contributed by atoms with E-state index in [4.69, 9.17) is 14.4 Å². The molecule has 1 aliphatic rings. The Kier molecular flexibility index (Phi) is 6.24. The molecule has 1 fully saturated rings. The van der Waals surface area contributed by atoms with Crippen molar-refractivity contribution >= 4 is 0 Å². The van der Waals surface area contributed by atoms with Gasteiger partial charge in [0.25, 0.3) is 0 Å². The first-order valence-corrected chi connectivity index (χ1v) is 7.70. The Morgan fingerprint density at radius 1 is 1.33 bits per heavy atom. The van der Waals surface area contributed by atoms with E-state index in [0.717, 1.165) is 38.6 Å². The van der Waals surface area contributed by atoms with Gasteiger partial charge in [0.15, 0.2) is 0 Å². The smallest absolute Gasteiger partial charge is 0.203 e. The molecule has 0 amide bonds. The Labute approximate surface area is 126 Å². The third-order valence-electron chi connectivity index (χ3n) is 3.76. The molecule has 0 aromatic carbocycles. The molecule has 1 aromatic heterocycles. The van der Waals surface area contributed by atoms with Gasteiger partial charge in [-0.15, -0.1) is 0 Å². The number of ether oxygens (including phenoxy) is 1. The minimum atomic E-state index is 0.374. The van der Waals surface area contributed by atoms with Gasteiger partial charge in [-0.2, -0.15) is 5.26 Å². The van der Waals surface area contributed by atoms with Crippen LogP contribution in [0.5, 0.6) is 0 Å². The van der Waals surface area contributed by atoms with Crippen LogP contribution in [0.25, 0.3) is 0 Å². The largest absolute Gasteiger partial charge is 0.449 e. The summed E-state index contributed by atoms with van der Waals surface area (Å²) < 4.78 is 10.8. The Balaban J connectivity index is 1.81. The highest BCUT2D eigenvalue weighted by Gasteiger charge is 2.21. The van der Waals surface area contributed by atoms with Crippen molar-refractivity contribution < 1.29 is 9.15 Å². The first-order valence-electron chi connectivity index (χ1n) is 7.70.